The highest BCUT2D eigenvalue weighted by atomic mass is 127. The van der Waals surface area contributed by atoms with E-state index in [1.807, 2.05) is 0 Å². The summed E-state index contributed by atoms with van der Waals surface area (Å²) < 4.78 is 0. The van der Waals surface area contributed by atoms with E-state index in [2.05, 4.69) is 22.5 Å². The Kier molecular flexibility index (Phi) is 10.4. The number of likely N-dealkylation sites (tertiary alicyclic amines) is 1. The molecule has 0 radical (unpaired) electrons. The van der Waals surface area contributed by atoms with Gasteiger partial charge in [0.05, 0.1) is 6.54 Å². The maximum Gasteiger partial charge on any atom is 0.191 e. The van der Waals surface area contributed by atoms with Crippen LogP contribution in [0.4, 0.5) is 0 Å². The third kappa shape index (κ3) is 7.68. The summed E-state index contributed by atoms with van der Waals surface area (Å²) in [5, 5.41) is 7.00. The molecule has 1 aliphatic heterocycles. The van der Waals surface area contributed by atoms with Gasteiger partial charge in [-0.25, -0.2) is 0 Å². The van der Waals surface area contributed by atoms with Crippen LogP contribution in [0.25, 0.3) is 0 Å². The van der Waals surface area contributed by atoms with Crippen LogP contribution in [0, 0.1) is 0 Å². The van der Waals surface area contributed by atoms with Crippen LogP contribution in [0.5, 0.6) is 0 Å². The third-order valence-electron chi connectivity index (χ3n) is 4.43. The molecule has 0 unspecified atom stereocenters. The first-order valence-corrected chi connectivity index (χ1v) is 8.65. The smallest absolute Gasteiger partial charge is 0.191 e. The number of aliphatic imine (C=N–C) groups is 1. The van der Waals surface area contributed by atoms with Gasteiger partial charge in [-0.05, 0) is 45.7 Å². The van der Waals surface area contributed by atoms with Gasteiger partial charge >= 0.3 is 0 Å². The van der Waals surface area contributed by atoms with Gasteiger partial charge in [-0.2, -0.15) is 0 Å². The van der Waals surface area contributed by atoms with Crippen molar-refractivity contribution in [3.8, 4) is 0 Å². The molecule has 0 atom stereocenters. The fourth-order valence-corrected chi connectivity index (χ4v) is 3.25. The number of hydrogen-bond acceptors (Lipinski definition) is 2. The van der Waals surface area contributed by atoms with Crippen LogP contribution in [0.3, 0.4) is 0 Å². The van der Waals surface area contributed by atoms with E-state index < -0.39 is 0 Å². The van der Waals surface area contributed by atoms with Crippen LogP contribution in [-0.2, 0) is 0 Å². The molecule has 1 heterocycles. The first-order chi connectivity index (χ1) is 9.88. The standard InChI is InChI=1S/C16H32N4.HI/c1-2-17-16(19-15-9-5-3-6-10-15)18-11-14-20-12-7-4-8-13-20;/h15H,2-14H2,1H3,(H2,17,18,19);1H. The zero-order chi connectivity index (χ0) is 14.0. The Labute approximate surface area is 147 Å². The van der Waals surface area contributed by atoms with Crippen molar-refractivity contribution in [2.45, 2.75) is 64.3 Å². The summed E-state index contributed by atoms with van der Waals surface area (Å²) in [5.74, 6) is 1.02. The predicted octanol–water partition coefficient (Wildman–Crippen LogP) is 2.98. The maximum atomic E-state index is 4.75. The van der Waals surface area contributed by atoms with Crippen molar-refractivity contribution in [2.75, 3.05) is 32.7 Å². The Morgan fingerprint density at radius 1 is 1.05 bits per heavy atom. The van der Waals surface area contributed by atoms with E-state index in [4.69, 9.17) is 4.99 Å². The Morgan fingerprint density at radius 2 is 1.71 bits per heavy atom. The molecular weight excluding hydrogens is 375 g/mol. The molecule has 1 saturated heterocycles. The molecule has 124 valence electrons. The molecule has 1 aliphatic carbocycles. The minimum Gasteiger partial charge on any atom is -0.357 e. The number of piperidine rings is 1. The van der Waals surface area contributed by atoms with Crippen LogP contribution < -0.4 is 10.6 Å². The van der Waals surface area contributed by atoms with Crippen molar-refractivity contribution in [2.24, 2.45) is 4.99 Å². The average molecular weight is 408 g/mol. The quantitative estimate of drug-likeness (QED) is 0.418. The number of nitrogens with zero attached hydrogens (tertiary/aromatic N) is 2. The van der Waals surface area contributed by atoms with Crippen LogP contribution in [0.15, 0.2) is 4.99 Å². The van der Waals surface area contributed by atoms with Gasteiger partial charge in [0.1, 0.15) is 0 Å². The topological polar surface area (TPSA) is 39.7 Å². The lowest BCUT2D eigenvalue weighted by molar-refractivity contribution is 0.235. The van der Waals surface area contributed by atoms with E-state index in [1.165, 1.54) is 64.5 Å². The second kappa shape index (κ2) is 11.5. The molecule has 0 amide bonds. The van der Waals surface area contributed by atoms with Gasteiger partial charge in [-0.3, -0.25) is 4.99 Å². The molecule has 0 aromatic rings. The molecule has 1 saturated carbocycles. The van der Waals surface area contributed by atoms with E-state index in [-0.39, 0.29) is 24.0 Å². The zero-order valence-corrected chi connectivity index (χ0v) is 15.9. The van der Waals surface area contributed by atoms with Crippen molar-refractivity contribution < 1.29 is 0 Å². The number of hydrogen-bond donors (Lipinski definition) is 2. The van der Waals surface area contributed by atoms with Crippen molar-refractivity contribution in [3.05, 3.63) is 0 Å². The molecule has 5 heteroatoms. The lowest BCUT2D eigenvalue weighted by Crippen LogP contribution is -2.44. The zero-order valence-electron chi connectivity index (χ0n) is 13.6. The Bertz CT molecular complexity index is 284. The molecule has 4 nitrogen and oxygen atoms in total. The lowest BCUT2D eigenvalue weighted by atomic mass is 9.96. The van der Waals surface area contributed by atoms with Gasteiger partial charge in [-0.1, -0.05) is 25.7 Å². The van der Waals surface area contributed by atoms with Crippen molar-refractivity contribution in [1.82, 2.24) is 15.5 Å². The minimum atomic E-state index is 0. The minimum absolute atomic E-state index is 0. The van der Waals surface area contributed by atoms with Crippen LogP contribution >= 0.6 is 24.0 Å². The highest BCUT2D eigenvalue weighted by Gasteiger charge is 2.14. The van der Waals surface area contributed by atoms with Crippen molar-refractivity contribution >= 4 is 29.9 Å². The van der Waals surface area contributed by atoms with Crippen LogP contribution in [0.1, 0.15) is 58.3 Å². The van der Waals surface area contributed by atoms with E-state index in [0.717, 1.165) is 25.6 Å². The number of nitrogens with one attached hydrogen (secondary N) is 2. The van der Waals surface area contributed by atoms with Gasteiger partial charge in [0.15, 0.2) is 5.96 Å². The summed E-state index contributed by atoms with van der Waals surface area (Å²) in [6.07, 6.45) is 10.9. The molecule has 2 rings (SSSR count). The number of rotatable bonds is 5. The summed E-state index contributed by atoms with van der Waals surface area (Å²) in [7, 11) is 0. The Morgan fingerprint density at radius 3 is 2.38 bits per heavy atom. The molecule has 0 aromatic carbocycles. The largest absolute Gasteiger partial charge is 0.357 e. The van der Waals surface area contributed by atoms with Gasteiger partial charge < -0.3 is 15.5 Å². The molecule has 2 fully saturated rings. The first kappa shape index (κ1) is 19.0. The molecule has 0 aromatic heterocycles. The summed E-state index contributed by atoms with van der Waals surface area (Å²) >= 11 is 0. The third-order valence-corrected chi connectivity index (χ3v) is 4.43. The summed E-state index contributed by atoms with van der Waals surface area (Å²) in [5.41, 5.74) is 0. The van der Waals surface area contributed by atoms with E-state index >= 15 is 0 Å². The molecular formula is C16H33IN4. The molecule has 2 aliphatic rings. The Hall–Kier alpha value is -0.0400. The van der Waals surface area contributed by atoms with Crippen molar-refractivity contribution in [1.29, 1.82) is 0 Å². The Balaban J connectivity index is 0.00000220. The highest BCUT2D eigenvalue weighted by Crippen LogP contribution is 2.17. The first-order valence-electron chi connectivity index (χ1n) is 8.65. The lowest BCUT2D eigenvalue weighted by Gasteiger charge is -2.26. The van der Waals surface area contributed by atoms with E-state index in [0.29, 0.717) is 6.04 Å². The molecule has 0 spiro atoms. The molecule has 21 heavy (non-hydrogen) atoms. The highest BCUT2D eigenvalue weighted by molar-refractivity contribution is 14.0. The average Bonchev–Trinajstić information content (AvgIpc) is 2.49. The normalized spacial score (nSPS) is 21.7. The maximum absolute atomic E-state index is 4.75. The van der Waals surface area contributed by atoms with E-state index in [9.17, 15) is 0 Å². The van der Waals surface area contributed by atoms with Gasteiger partial charge in [-0.15, -0.1) is 24.0 Å². The van der Waals surface area contributed by atoms with Crippen LogP contribution in [0.2, 0.25) is 0 Å². The summed E-state index contributed by atoms with van der Waals surface area (Å²) in [4.78, 5) is 7.31. The predicted molar refractivity (Wildman–Crippen MR) is 102 cm³/mol. The van der Waals surface area contributed by atoms with Crippen LogP contribution in [-0.4, -0.2) is 49.6 Å². The fraction of sp³-hybridized carbons (Fsp3) is 0.938. The summed E-state index contributed by atoms with van der Waals surface area (Å²) in [6, 6.07) is 0.636. The number of guanidine groups is 1. The van der Waals surface area contributed by atoms with E-state index in [1.54, 1.807) is 0 Å². The SMILES string of the molecule is CCNC(=NCCN1CCCCC1)NC1CCCCC1.I. The van der Waals surface area contributed by atoms with Gasteiger partial charge in [0.2, 0.25) is 0 Å². The fourth-order valence-electron chi connectivity index (χ4n) is 3.25. The second-order valence-electron chi connectivity index (χ2n) is 6.14. The summed E-state index contributed by atoms with van der Waals surface area (Å²) in [6.45, 7) is 7.65. The molecule has 0 bridgehead atoms. The second-order valence-corrected chi connectivity index (χ2v) is 6.14. The molecule has 2 N–H and O–H groups in total. The van der Waals surface area contributed by atoms with Crippen molar-refractivity contribution in [3.63, 3.8) is 0 Å². The van der Waals surface area contributed by atoms with Gasteiger partial charge in [0.25, 0.3) is 0 Å². The number of halogens is 1. The van der Waals surface area contributed by atoms with Gasteiger partial charge in [0, 0.05) is 19.1 Å². The monoisotopic (exact) mass is 408 g/mol.